The second-order valence-corrected chi connectivity index (χ2v) is 9.02. The second kappa shape index (κ2) is 7.45. The molecule has 0 spiro atoms. The van der Waals surface area contributed by atoms with E-state index in [1.165, 1.54) is 0 Å². The zero-order valence-corrected chi connectivity index (χ0v) is 17.8. The lowest BCUT2D eigenvalue weighted by atomic mass is 9.80. The maximum atomic E-state index is 15.4. The number of hydrogen-bond acceptors (Lipinski definition) is 2. The lowest BCUT2D eigenvalue weighted by Crippen LogP contribution is -2.57. The normalized spacial score (nSPS) is 22.7. The summed E-state index contributed by atoms with van der Waals surface area (Å²) in [5.74, 6) is -6.06. The Kier molecular flexibility index (Phi) is 4.90. The fourth-order valence-corrected chi connectivity index (χ4v) is 5.33. The van der Waals surface area contributed by atoms with Crippen LogP contribution in [-0.4, -0.2) is 39.0 Å². The third-order valence-electron chi connectivity index (χ3n) is 6.88. The Hall–Kier alpha value is -3.13. The molecule has 172 valence electrons. The van der Waals surface area contributed by atoms with Crippen LogP contribution in [0.1, 0.15) is 48.2 Å². The van der Waals surface area contributed by atoms with E-state index in [2.05, 4.69) is 11.6 Å². The molecule has 0 saturated heterocycles. The van der Waals surface area contributed by atoms with Crippen molar-refractivity contribution in [3.63, 3.8) is 0 Å². The molecule has 0 bridgehead atoms. The zero-order valence-electron chi connectivity index (χ0n) is 17.8. The summed E-state index contributed by atoms with van der Waals surface area (Å²) in [7, 11) is 0. The summed E-state index contributed by atoms with van der Waals surface area (Å²) in [6, 6.07) is 7.68. The Balaban J connectivity index is 1.70. The number of halogens is 4. The molecule has 1 aromatic heterocycles. The van der Waals surface area contributed by atoms with Crippen molar-refractivity contribution in [1.82, 2.24) is 9.88 Å². The van der Waals surface area contributed by atoms with Gasteiger partial charge in [0, 0.05) is 47.1 Å². The van der Waals surface area contributed by atoms with Gasteiger partial charge in [-0.15, -0.1) is 0 Å². The van der Waals surface area contributed by atoms with E-state index >= 15 is 8.78 Å². The number of aromatic amines is 1. The number of aliphatic carboxylic acids is 1. The Morgan fingerprint density at radius 2 is 1.82 bits per heavy atom. The van der Waals surface area contributed by atoms with Crippen LogP contribution in [0.3, 0.4) is 0 Å². The highest BCUT2D eigenvalue weighted by molar-refractivity contribution is 6.14. The highest BCUT2D eigenvalue weighted by Crippen LogP contribution is 2.50. The number of alkyl halides is 2. The van der Waals surface area contributed by atoms with Crippen molar-refractivity contribution in [2.45, 2.75) is 50.2 Å². The van der Waals surface area contributed by atoms with Gasteiger partial charge in [-0.1, -0.05) is 24.8 Å². The van der Waals surface area contributed by atoms with Crippen LogP contribution < -0.4 is 0 Å². The minimum atomic E-state index is -2.80. The Morgan fingerprint density at radius 1 is 1.18 bits per heavy atom. The van der Waals surface area contributed by atoms with E-state index in [1.54, 1.807) is 4.90 Å². The van der Waals surface area contributed by atoms with Crippen molar-refractivity contribution in [1.29, 1.82) is 0 Å². The van der Waals surface area contributed by atoms with Crippen LogP contribution >= 0.6 is 0 Å². The summed E-state index contributed by atoms with van der Waals surface area (Å²) in [6.07, 6.45) is -0.198. The quantitative estimate of drug-likeness (QED) is 0.391. The summed E-state index contributed by atoms with van der Waals surface area (Å²) in [6.45, 7) is 5.25. The lowest BCUT2D eigenvalue weighted by Gasteiger charge is -2.51. The van der Waals surface area contributed by atoms with Crippen LogP contribution in [0.2, 0.25) is 0 Å². The van der Waals surface area contributed by atoms with Crippen LogP contribution in [0.4, 0.5) is 17.6 Å². The van der Waals surface area contributed by atoms with Gasteiger partial charge in [-0.2, -0.15) is 0 Å². The third kappa shape index (κ3) is 3.44. The number of carboxylic acids is 1. The molecule has 1 fully saturated rings. The fraction of sp³-hybridized carbons (Fsp3) is 0.320. The number of carboxylic acid groups (broad SMARTS) is 1. The highest BCUT2D eigenvalue weighted by atomic mass is 19.3. The van der Waals surface area contributed by atoms with Crippen molar-refractivity contribution in [3.05, 3.63) is 77.0 Å². The van der Waals surface area contributed by atoms with E-state index in [0.717, 1.165) is 28.6 Å². The van der Waals surface area contributed by atoms with Crippen molar-refractivity contribution in [2.24, 2.45) is 0 Å². The Labute approximate surface area is 187 Å². The third-order valence-corrected chi connectivity index (χ3v) is 6.88. The monoisotopic (exact) mass is 458 g/mol. The van der Waals surface area contributed by atoms with E-state index < -0.39 is 41.2 Å². The molecule has 2 N–H and O–H groups in total. The van der Waals surface area contributed by atoms with Gasteiger partial charge in [-0.05, 0) is 42.7 Å². The molecular weight excluding hydrogens is 436 g/mol. The van der Waals surface area contributed by atoms with Gasteiger partial charge in [-0.25, -0.2) is 22.4 Å². The molecule has 1 aliphatic heterocycles. The number of nitrogens with zero attached hydrogens (tertiary/aromatic N) is 1. The molecule has 2 atom stereocenters. The molecule has 4 nitrogen and oxygen atoms in total. The molecule has 2 heterocycles. The van der Waals surface area contributed by atoms with Crippen LogP contribution in [0.25, 0.3) is 16.5 Å². The standard InChI is InChI=1S/C25H22F4N2O2/c1-12-7-17-16-5-3-4-6-20(16)30-22(17)23(31(12)15-10-25(28,29)11-15)21-18(26)8-14(9-19(21)27)13(2)24(32)33/h3-6,8-9,12,15,23,30H,2,7,10-11H2,1H3,(H,32,33)/t12-,23-/m1/s1. The summed E-state index contributed by atoms with van der Waals surface area (Å²) >= 11 is 0. The molecule has 0 unspecified atom stereocenters. The topological polar surface area (TPSA) is 56.3 Å². The average molecular weight is 458 g/mol. The predicted molar refractivity (Wildman–Crippen MR) is 116 cm³/mol. The summed E-state index contributed by atoms with van der Waals surface area (Å²) in [5.41, 5.74) is 1.39. The molecule has 1 aliphatic carbocycles. The minimum Gasteiger partial charge on any atom is -0.478 e. The first kappa shape index (κ1) is 21.7. The Morgan fingerprint density at radius 3 is 2.42 bits per heavy atom. The number of nitrogens with one attached hydrogen (secondary N) is 1. The minimum absolute atomic E-state index is 0.177. The van der Waals surface area contributed by atoms with E-state index in [9.17, 15) is 13.6 Å². The van der Waals surface area contributed by atoms with Crippen LogP contribution in [0.15, 0.2) is 43.0 Å². The van der Waals surface area contributed by atoms with Crippen molar-refractivity contribution in [3.8, 4) is 0 Å². The first-order valence-corrected chi connectivity index (χ1v) is 10.7. The molecule has 0 amide bonds. The van der Waals surface area contributed by atoms with Gasteiger partial charge in [0.1, 0.15) is 11.6 Å². The van der Waals surface area contributed by atoms with Crippen molar-refractivity contribution >= 4 is 22.4 Å². The molecule has 2 aromatic carbocycles. The maximum absolute atomic E-state index is 15.4. The van der Waals surface area contributed by atoms with Gasteiger partial charge in [-0.3, -0.25) is 4.90 Å². The largest absolute Gasteiger partial charge is 0.478 e. The zero-order chi connectivity index (χ0) is 23.7. The van der Waals surface area contributed by atoms with E-state index in [4.69, 9.17) is 5.11 Å². The van der Waals surface area contributed by atoms with Gasteiger partial charge < -0.3 is 10.1 Å². The summed E-state index contributed by atoms with van der Waals surface area (Å²) < 4.78 is 58.5. The van der Waals surface area contributed by atoms with Crippen LogP contribution in [0, 0.1) is 11.6 Å². The second-order valence-electron chi connectivity index (χ2n) is 9.02. The van der Waals surface area contributed by atoms with Crippen LogP contribution in [-0.2, 0) is 11.2 Å². The first-order valence-electron chi connectivity index (χ1n) is 10.7. The van der Waals surface area contributed by atoms with Gasteiger partial charge in [0.2, 0.25) is 0 Å². The SMILES string of the molecule is C=C(C(=O)O)c1cc(F)c([C@@H]2c3[nH]c4ccccc4c3C[C@@H](C)N2C2CC(F)(F)C2)c(F)c1. The van der Waals surface area contributed by atoms with Crippen molar-refractivity contribution in [2.75, 3.05) is 0 Å². The molecule has 5 rings (SSSR count). The number of para-hydroxylation sites is 1. The summed E-state index contributed by atoms with van der Waals surface area (Å²) in [5, 5.41) is 10.1. The first-order chi connectivity index (χ1) is 15.6. The number of benzene rings is 2. The molecule has 33 heavy (non-hydrogen) atoms. The van der Waals surface area contributed by atoms with Crippen molar-refractivity contribution < 1.29 is 27.5 Å². The smallest absolute Gasteiger partial charge is 0.335 e. The number of H-pyrrole nitrogens is 1. The number of rotatable bonds is 4. The van der Waals surface area contributed by atoms with E-state index in [-0.39, 0.29) is 30.0 Å². The van der Waals surface area contributed by atoms with Gasteiger partial charge in [0.25, 0.3) is 5.92 Å². The Bertz CT molecular complexity index is 1270. The number of aromatic nitrogens is 1. The average Bonchev–Trinajstić information content (AvgIpc) is 3.09. The molecular formula is C25H22F4N2O2. The van der Waals surface area contributed by atoms with Gasteiger partial charge >= 0.3 is 5.97 Å². The maximum Gasteiger partial charge on any atom is 0.335 e. The lowest BCUT2D eigenvalue weighted by molar-refractivity contribution is -0.139. The highest BCUT2D eigenvalue weighted by Gasteiger charge is 2.52. The van der Waals surface area contributed by atoms with E-state index in [1.807, 2.05) is 31.2 Å². The molecule has 1 saturated carbocycles. The predicted octanol–water partition coefficient (Wildman–Crippen LogP) is 5.68. The number of hydrogen-bond donors (Lipinski definition) is 2. The molecule has 8 heteroatoms. The van der Waals surface area contributed by atoms with Crippen LogP contribution in [0.5, 0.6) is 0 Å². The number of fused-ring (bicyclic) bond motifs is 3. The van der Waals surface area contributed by atoms with Gasteiger partial charge in [0.05, 0.1) is 11.6 Å². The van der Waals surface area contributed by atoms with E-state index in [0.29, 0.717) is 12.1 Å². The van der Waals surface area contributed by atoms with Gasteiger partial charge in [0.15, 0.2) is 0 Å². The molecule has 2 aliphatic rings. The molecule has 3 aromatic rings. The summed E-state index contributed by atoms with van der Waals surface area (Å²) in [4.78, 5) is 16.3. The fourth-order valence-electron chi connectivity index (χ4n) is 5.33. The molecule has 0 radical (unpaired) electrons. The number of carbonyl (C=O) groups is 1.